The molecule has 0 atom stereocenters. The predicted molar refractivity (Wildman–Crippen MR) is 299 cm³/mol. The Morgan fingerprint density at radius 2 is 0.732 bits per heavy atom. The molecule has 14 aromatic rings. The number of nitrogens with zero attached hydrogens (tertiary/aromatic N) is 2. The van der Waals surface area contributed by atoms with Gasteiger partial charge in [0, 0.05) is 55.2 Å². The van der Waals surface area contributed by atoms with Crippen LogP contribution in [0.2, 0.25) is 0 Å². The highest BCUT2D eigenvalue weighted by Crippen LogP contribution is 2.42. The predicted octanol–water partition coefficient (Wildman–Crippen LogP) is 19.1. The van der Waals surface area contributed by atoms with Crippen molar-refractivity contribution in [3.63, 3.8) is 0 Å². The van der Waals surface area contributed by atoms with Crippen LogP contribution >= 0.6 is 0 Å². The Kier molecular flexibility index (Phi) is 9.53. The second-order valence-corrected chi connectivity index (χ2v) is 18.5. The maximum atomic E-state index is 6.77. The summed E-state index contributed by atoms with van der Waals surface area (Å²) in [6.45, 7) is 0. The first-order valence-corrected chi connectivity index (χ1v) is 24.3. The standard InChI is InChI=1S/C68H44N2O/c1-2-14-50-43-54(27-26-45(50)12-1)52-16-9-15-51(42-52)46-28-35-55(36-29-46)69(57-39-32-49(33-40-57)60-22-11-23-63-64-41-34-48-13-3-4-19-59(48)68(64)71-67(60)63)56-37-30-47(31-38-56)53-17-10-18-58(44-53)70-65-24-7-5-20-61(65)62-21-6-8-25-66(62)70/h1-44H. The summed E-state index contributed by atoms with van der Waals surface area (Å²) in [5, 5.41) is 9.57. The molecular formula is C68H44N2O. The monoisotopic (exact) mass is 904 g/mol. The topological polar surface area (TPSA) is 21.3 Å². The summed E-state index contributed by atoms with van der Waals surface area (Å²) in [5.41, 5.74) is 17.8. The van der Waals surface area contributed by atoms with Gasteiger partial charge >= 0.3 is 0 Å². The number of para-hydroxylation sites is 3. The lowest BCUT2D eigenvalue weighted by molar-refractivity contribution is 0.674. The Bertz CT molecular complexity index is 4280. The Morgan fingerprint density at radius 1 is 0.268 bits per heavy atom. The van der Waals surface area contributed by atoms with Gasteiger partial charge < -0.3 is 13.9 Å². The van der Waals surface area contributed by atoms with E-state index in [1.165, 1.54) is 54.7 Å². The minimum absolute atomic E-state index is 0.904. The molecule has 0 amide bonds. The molecule has 0 aliphatic heterocycles. The van der Waals surface area contributed by atoms with Gasteiger partial charge in [-0.25, -0.2) is 0 Å². The van der Waals surface area contributed by atoms with E-state index in [9.17, 15) is 0 Å². The number of anilines is 3. The highest BCUT2D eigenvalue weighted by Gasteiger charge is 2.18. The molecule has 0 fully saturated rings. The molecule has 0 aliphatic rings. The van der Waals surface area contributed by atoms with Gasteiger partial charge in [-0.05, 0) is 134 Å². The average Bonchev–Trinajstić information content (AvgIpc) is 4.00. The van der Waals surface area contributed by atoms with Gasteiger partial charge in [0.15, 0.2) is 0 Å². The summed E-state index contributed by atoms with van der Waals surface area (Å²) in [6, 6.07) is 96.6. The molecule has 332 valence electrons. The van der Waals surface area contributed by atoms with Gasteiger partial charge in [-0.3, -0.25) is 0 Å². The molecule has 0 N–H and O–H groups in total. The third kappa shape index (κ3) is 6.97. The van der Waals surface area contributed by atoms with Gasteiger partial charge in [-0.2, -0.15) is 0 Å². The number of fused-ring (bicyclic) bond motifs is 9. The summed E-state index contributed by atoms with van der Waals surface area (Å²) in [5.74, 6) is 0. The summed E-state index contributed by atoms with van der Waals surface area (Å²) in [4.78, 5) is 2.35. The zero-order chi connectivity index (χ0) is 46.8. The number of hydrogen-bond acceptors (Lipinski definition) is 2. The summed E-state index contributed by atoms with van der Waals surface area (Å²) in [7, 11) is 0. The fraction of sp³-hybridized carbons (Fsp3) is 0. The van der Waals surface area contributed by atoms with Gasteiger partial charge in [-0.15, -0.1) is 0 Å². The van der Waals surface area contributed by atoms with Crippen molar-refractivity contribution in [2.45, 2.75) is 0 Å². The van der Waals surface area contributed by atoms with Crippen LogP contribution in [-0.2, 0) is 0 Å². The lowest BCUT2D eigenvalue weighted by Gasteiger charge is -2.26. The van der Waals surface area contributed by atoms with E-state index in [-0.39, 0.29) is 0 Å². The number of aromatic nitrogens is 1. The van der Waals surface area contributed by atoms with Crippen molar-refractivity contribution in [1.82, 2.24) is 4.57 Å². The second kappa shape index (κ2) is 16.7. The Balaban J connectivity index is 0.837. The van der Waals surface area contributed by atoms with E-state index in [4.69, 9.17) is 4.42 Å². The van der Waals surface area contributed by atoms with Gasteiger partial charge in [0.05, 0.1) is 11.0 Å². The molecule has 3 heteroatoms. The van der Waals surface area contributed by atoms with Gasteiger partial charge in [0.1, 0.15) is 11.2 Å². The van der Waals surface area contributed by atoms with Crippen molar-refractivity contribution in [3.8, 4) is 50.2 Å². The van der Waals surface area contributed by atoms with E-state index in [0.717, 1.165) is 77.9 Å². The minimum atomic E-state index is 0.904. The van der Waals surface area contributed by atoms with Crippen LogP contribution in [0, 0.1) is 0 Å². The van der Waals surface area contributed by atoms with E-state index in [2.05, 4.69) is 276 Å². The molecular weight excluding hydrogens is 861 g/mol. The molecule has 12 aromatic carbocycles. The maximum Gasteiger partial charge on any atom is 0.143 e. The normalized spacial score (nSPS) is 11.7. The van der Waals surface area contributed by atoms with E-state index in [1.807, 2.05) is 0 Å². The molecule has 0 unspecified atom stereocenters. The zero-order valence-corrected chi connectivity index (χ0v) is 38.7. The van der Waals surface area contributed by atoms with Crippen molar-refractivity contribution >= 4 is 82.4 Å². The molecule has 2 heterocycles. The average molecular weight is 905 g/mol. The molecule has 14 rings (SSSR count). The van der Waals surface area contributed by atoms with E-state index >= 15 is 0 Å². The van der Waals surface area contributed by atoms with Crippen LogP contribution in [-0.4, -0.2) is 4.57 Å². The Morgan fingerprint density at radius 3 is 1.41 bits per heavy atom. The van der Waals surface area contributed by atoms with Crippen molar-refractivity contribution in [2.24, 2.45) is 0 Å². The van der Waals surface area contributed by atoms with Crippen LogP contribution in [0.5, 0.6) is 0 Å². The molecule has 3 nitrogen and oxygen atoms in total. The van der Waals surface area contributed by atoms with Crippen LogP contribution in [0.25, 0.3) is 115 Å². The molecule has 0 spiro atoms. The van der Waals surface area contributed by atoms with Gasteiger partial charge in [0.25, 0.3) is 0 Å². The van der Waals surface area contributed by atoms with Crippen molar-refractivity contribution in [1.29, 1.82) is 0 Å². The molecule has 0 saturated carbocycles. The molecule has 0 radical (unpaired) electrons. The molecule has 71 heavy (non-hydrogen) atoms. The van der Waals surface area contributed by atoms with E-state index < -0.39 is 0 Å². The number of rotatable bonds is 8. The third-order valence-corrected chi connectivity index (χ3v) is 14.4. The van der Waals surface area contributed by atoms with E-state index in [0.29, 0.717) is 0 Å². The highest BCUT2D eigenvalue weighted by atomic mass is 16.3. The summed E-state index contributed by atoms with van der Waals surface area (Å²) < 4.78 is 9.15. The molecule has 2 aromatic heterocycles. The molecule has 0 bridgehead atoms. The molecule has 0 aliphatic carbocycles. The summed E-state index contributed by atoms with van der Waals surface area (Å²) >= 11 is 0. The number of hydrogen-bond donors (Lipinski definition) is 0. The van der Waals surface area contributed by atoms with Crippen LogP contribution < -0.4 is 4.90 Å². The maximum absolute atomic E-state index is 6.77. The van der Waals surface area contributed by atoms with Crippen molar-refractivity contribution in [3.05, 3.63) is 267 Å². The van der Waals surface area contributed by atoms with Crippen molar-refractivity contribution < 1.29 is 4.42 Å². The van der Waals surface area contributed by atoms with Gasteiger partial charge in [0.2, 0.25) is 0 Å². The van der Waals surface area contributed by atoms with Crippen molar-refractivity contribution in [2.75, 3.05) is 4.90 Å². The smallest absolute Gasteiger partial charge is 0.143 e. The lowest BCUT2D eigenvalue weighted by Crippen LogP contribution is -2.09. The van der Waals surface area contributed by atoms with Crippen LogP contribution in [0.4, 0.5) is 17.1 Å². The second-order valence-electron chi connectivity index (χ2n) is 18.5. The number of benzene rings is 12. The SMILES string of the molecule is c1cc(-c2ccc(N(c3ccc(-c4cccc(-n5c6ccccc6c6ccccc65)c4)cc3)c3ccc(-c4cccc5c4oc4c6ccccc6ccc54)cc3)cc2)cc(-c2ccc3ccccc3c2)c1. The largest absolute Gasteiger partial charge is 0.455 e. The third-order valence-electron chi connectivity index (χ3n) is 14.4. The summed E-state index contributed by atoms with van der Waals surface area (Å²) in [6.07, 6.45) is 0. The first kappa shape index (κ1) is 40.6. The lowest BCUT2D eigenvalue weighted by atomic mass is 9.97. The fourth-order valence-corrected chi connectivity index (χ4v) is 10.9. The van der Waals surface area contributed by atoms with Crippen LogP contribution in [0.3, 0.4) is 0 Å². The van der Waals surface area contributed by atoms with Crippen LogP contribution in [0.1, 0.15) is 0 Å². The Hall–Kier alpha value is -9.44. The quantitative estimate of drug-likeness (QED) is 0.151. The minimum Gasteiger partial charge on any atom is -0.455 e. The van der Waals surface area contributed by atoms with E-state index in [1.54, 1.807) is 0 Å². The van der Waals surface area contributed by atoms with Gasteiger partial charge in [-0.1, -0.05) is 188 Å². The highest BCUT2D eigenvalue weighted by molar-refractivity contribution is 6.17. The number of furan rings is 1. The Labute approximate surface area is 411 Å². The zero-order valence-electron chi connectivity index (χ0n) is 38.7. The fourth-order valence-electron chi connectivity index (χ4n) is 10.9. The first-order valence-electron chi connectivity index (χ1n) is 24.3. The molecule has 0 saturated heterocycles. The van der Waals surface area contributed by atoms with Crippen LogP contribution in [0.15, 0.2) is 271 Å². The first-order chi connectivity index (χ1) is 35.2.